The monoisotopic (exact) mass is 412 g/mol. The third-order valence-corrected chi connectivity index (χ3v) is 6.33. The predicted octanol–water partition coefficient (Wildman–Crippen LogP) is 3.89. The Hall–Kier alpha value is -3.19. The van der Waals surface area contributed by atoms with Gasteiger partial charge in [-0.1, -0.05) is 42.0 Å². The van der Waals surface area contributed by atoms with E-state index in [0.29, 0.717) is 11.3 Å². The Kier molecular flexibility index (Phi) is 5.98. The summed E-state index contributed by atoms with van der Waals surface area (Å²) in [7, 11) is -2.38. The van der Waals surface area contributed by atoms with Crippen LogP contribution in [-0.4, -0.2) is 21.4 Å². The lowest BCUT2D eigenvalue weighted by atomic mass is 10.2. The number of amides is 1. The molecule has 1 N–H and O–H groups in total. The number of carbonyl (C=O) groups excluding carboxylic acids is 1. The summed E-state index contributed by atoms with van der Waals surface area (Å²) in [5.74, 6) is -0.896. The summed E-state index contributed by atoms with van der Waals surface area (Å²) >= 11 is 0. The first-order valence-corrected chi connectivity index (χ1v) is 10.4. The van der Waals surface area contributed by atoms with Crippen LogP contribution in [0.1, 0.15) is 21.5 Å². The normalized spacial score (nSPS) is 11.1. The van der Waals surface area contributed by atoms with Crippen molar-refractivity contribution in [2.45, 2.75) is 18.4 Å². The summed E-state index contributed by atoms with van der Waals surface area (Å²) in [6.45, 7) is 1.92. The van der Waals surface area contributed by atoms with E-state index in [0.717, 1.165) is 5.56 Å². The Morgan fingerprint density at radius 2 is 1.69 bits per heavy atom. The number of nitrogens with one attached hydrogen (secondary N) is 1. The zero-order chi connectivity index (χ0) is 21.0. The molecule has 0 unspecified atom stereocenters. The van der Waals surface area contributed by atoms with Gasteiger partial charge >= 0.3 is 0 Å². The van der Waals surface area contributed by atoms with Gasteiger partial charge in [0.2, 0.25) is 0 Å². The summed E-state index contributed by atoms with van der Waals surface area (Å²) in [6, 6.07) is 19.0. The SMILES string of the molecule is Cc1ccc(N(C)S(=O)(=O)c2cccc(C(=O)NCc3ccccc3F)c2)cc1. The average Bonchev–Trinajstić information content (AvgIpc) is 2.73. The molecule has 0 saturated heterocycles. The van der Waals surface area contributed by atoms with E-state index < -0.39 is 21.7 Å². The van der Waals surface area contributed by atoms with Crippen LogP contribution in [0.3, 0.4) is 0 Å². The van der Waals surface area contributed by atoms with Crippen molar-refractivity contribution in [1.82, 2.24) is 5.32 Å². The molecule has 0 aliphatic rings. The molecule has 7 heteroatoms. The maximum Gasteiger partial charge on any atom is 0.264 e. The van der Waals surface area contributed by atoms with Crippen LogP contribution >= 0.6 is 0 Å². The Bertz CT molecular complexity index is 1130. The van der Waals surface area contributed by atoms with Gasteiger partial charge in [0.25, 0.3) is 15.9 Å². The number of rotatable bonds is 6. The number of anilines is 1. The van der Waals surface area contributed by atoms with Crippen LogP contribution in [0, 0.1) is 12.7 Å². The highest BCUT2D eigenvalue weighted by Crippen LogP contribution is 2.23. The van der Waals surface area contributed by atoms with Gasteiger partial charge in [0.05, 0.1) is 10.6 Å². The second-order valence-electron chi connectivity index (χ2n) is 6.61. The van der Waals surface area contributed by atoms with Crippen LogP contribution < -0.4 is 9.62 Å². The Morgan fingerprint density at radius 1 is 1.00 bits per heavy atom. The fraction of sp³-hybridized carbons (Fsp3) is 0.136. The molecule has 29 heavy (non-hydrogen) atoms. The van der Waals surface area contributed by atoms with Gasteiger partial charge in [0, 0.05) is 24.7 Å². The molecule has 150 valence electrons. The van der Waals surface area contributed by atoms with E-state index in [9.17, 15) is 17.6 Å². The molecule has 3 aromatic rings. The molecule has 0 bridgehead atoms. The minimum absolute atomic E-state index is 0.000818. The van der Waals surface area contributed by atoms with E-state index in [1.807, 2.05) is 19.1 Å². The summed E-state index contributed by atoms with van der Waals surface area (Å²) in [4.78, 5) is 12.4. The number of benzene rings is 3. The fourth-order valence-corrected chi connectivity index (χ4v) is 4.01. The lowest BCUT2D eigenvalue weighted by Crippen LogP contribution is -2.27. The van der Waals surface area contributed by atoms with Gasteiger partial charge in [-0.05, 0) is 43.3 Å². The van der Waals surface area contributed by atoms with E-state index in [1.165, 1.54) is 41.7 Å². The van der Waals surface area contributed by atoms with Crippen molar-refractivity contribution >= 4 is 21.6 Å². The molecule has 0 aromatic heterocycles. The van der Waals surface area contributed by atoms with Crippen molar-refractivity contribution < 1.29 is 17.6 Å². The molecule has 0 spiro atoms. The highest BCUT2D eigenvalue weighted by atomic mass is 32.2. The third-order valence-electron chi connectivity index (χ3n) is 4.55. The summed E-state index contributed by atoms with van der Waals surface area (Å²) in [5, 5.41) is 2.61. The molecule has 0 heterocycles. The molecule has 0 atom stereocenters. The minimum atomic E-state index is -3.84. The van der Waals surface area contributed by atoms with Crippen molar-refractivity contribution in [3.05, 3.63) is 95.3 Å². The maximum absolute atomic E-state index is 13.7. The number of sulfonamides is 1. The van der Waals surface area contributed by atoms with Crippen LogP contribution in [-0.2, 0) is 16.6 Å². The van der Waals surface area contributed by atoms with Crippen molar-refractivity contribution in [2.24, 2.45) is 0 Å². The highest BCUT2D eigenvalue weighted by molar-refractivity contribution is 7.92. The quantitative estimate of drug-likeness (QED) is 0.668. The van der Waals surface area contributed by atoms with Crippen molar-refractivity contribution in [1.29, 1.82) is 0 Å². The highest BCUT2D eigenvalue weighted by Gasteiger charge is 2.22. The molecule has 3 rings (SSSR count). The van der Waals surface area contributed by atoms with Gasteiger partial charge in [-0.15, -0.1) is 0 Å². The lowest BCUT2D eigenvalue weighted by Gasteiger charge is -2.20. The molecule has 1 amide bonds. The molecule has 0 aliphatic heterocycles. The predicted molar refractivity (Wildman–Crippen MR) is 111 cm³/mol. The molecule has 0 radical (unpaired) electrons. The largest absolute Gasteiger partial charge is 0.348 e. The number of aryl methyl sites for hydroxylation is 1. The van der Waals surface area contributed by atoms with Gasteiger partial charge in [-0.3, -0.25) is 9.10 Å². The standard InChI is InChI=1S/C22H21FN2O3S/c1-16-10-12-19(13-11-16)25(2)29(27,28)20-8-5-7-17(14-20)22(26)24-15-18-6-3-4-9-21(18)23/h3-14H,15H2,1-2H3,(H,24,26). The first kappa shape index (κ1) is 20.5. The second-order valence-corrected chi connectivity index (χ2v) is 8.58. The first-order valence-electron chi connectivity index (χ1n) is 8.96. The molecular weight excluding hydrogens is 391 g/mol. The summed E-state index contributed by atoms with van der Waals surface area (Å²) in [6.07, 6.45) is 0. The van der Waals surface area contributed by atoms with Gasteiger partial charge < -0.3 is 5.32 Å². The van der Waals surface area contributed by atoms with E-state index in [-0.39, 0.29) is 17.0 Å². The molecule has 5 nitrogen and oxygen atoms in total. The molecule has 0 aliphatic carbocycles. The van der Waals surface area contributed by atoms with E-state index in [4.69, 9.17) is 0 Å². The minimum Gasteiger partial charge on any atom is -0.348 e. The lowest BCUT2D eigenvalue weighted by molar-refractivity contribution is 0.0950. The number of hydrogen-bond donors (Lipinski definition) is 1. The molecule has 0 fully saturated rings. The molecular formula is C22H21FN2O3S. The first-order chi connectivity index (χ1) is 13.8. The number of halogens is 1. The third kappa shape index (κ3) is 4.63. The molecule has 0 saturated carbocycles. The van der Waals surface area contributed by atoms with E-state index in [1.54, 1.807) is 30.3 Å². The number of carbonyl (C=O) groups is 1. The summed E-state index contributed by atoms with van der Waals surface area (Å²) in [5.41, 5.74) is 2.07. The van der Waals surface area contributed by atoms with E-state index in [2.05, 4.69) is 5.32 Å². The Labute approximate surface area is 169 Å². The van der Waals surface area contributed by atoms with Crippen LogP contribution in [0.5, 0.6) is 0 Å². The zero-order valence-electron chi connectivity index (χ0n) is 16.1. The topological polar surface area (TPSA) is 66.5 Å². The number of nitrogens with zero attached hydrogens (tertiary/aromatic N) is 1. The van der Waals surface area contributed by atoms with Gasteiger partial charge in [-0.25, -0.2) is 12.8 Å². The molecule has 3 aromatic carbocycles. The fourth-order valence-electron chi connectivity index (χ4n) is 2.77. The maximum atomic E-state index is 13.7. The van der Waals surface area contributed by atoms with Crippen LogP contribution in [0.2, 0.25) is 0 Å². The Morgan fingerprint density at radius 3 is 2.38 bits per heavy atom. The van der Waals surface area contributed by atoms with Crippen LogP contribution in [0.4, 0.5) is 10.1 Å². The smallest absolute Gasteiger partial charge is 0.264 e. The zero-order valence-corrected chi connectivity index (χ0v) is 16.9. The summed E-state index contributed by atoms with van der Waals surface area (Å²) < 4.78 is 40.8. The van der Waals surface area contributed by atoms with Crippen LogP contribution in [0.25, 0.3) is 0 Å². The Balaban J connectivity index is 1.80. The van der Waals surface area contributed by atoms with Crippen LogP contribution in [0.15, 0.2) is 77.7 Å². The average molecular weight is 412 g/mol. The van der Waals surface area contributed by atoms with Gasteiger partial charge in [-0.2, -0.15) is 0 Å². The van der Waals surface area contributed by atoms with E-state index >= 15 is 0 Å². The van der Waals surface area contributed by atoms with Crippen molar-refractivity contribution in [3.63, 3.8) is 0 Å². The number of hydrogen-bond acceptors (Lipinski definition) is 3. The van der Waals surface area contributed by atoms with Crippen molar-refractivity contribution in [3.8, 4) is 0 Å². The van der Waals surface area contributed by atoms with Gasteiger partial charge in [0.1, 0.15) is 5.82 Å². The van der Waals surface area contributed by atoms with Crippen molar-refractivity contribution in [2.75, 3.05) is 11.4 Å². The van der Waals surface area contributed by atoms with Gasteiger partial charge in [0.15, 0.2) is 0 Å². The second kappa shape index (κ2) is 8.45.